The summed E-state index contributed by atoms with van der Waals surface area (Å²) in [6.07, 6.45) is -1.08. The molecule has 2 unspecified atom stereocenters. The minimum atomic E-state index is -1.08. The monoisotopic (exact) mass is 222 g/mol. The summed E-state index contributed by atoms with van der Waals surface area (Å²) < 4.78 is 4.92. The molecule has 1 aromatic rings. The first-order chi connectivity index (χ1) is 7.52. The fourth-order valence-electron chi connectivity index (χ4n) is 1.14. The molecule has 16 heavy (non-hydrogen) atoms. The summed E-state index contributed by atoms with van der Waals surface area (Å²) in [6.45, 7) is 1.48. The topological polar surface area (TPSA) is 95.4 Å². The van der Waals surface area contributed by atoms with Crippen LogP contribution in [0.1, 0.15) is 18.6 Å². The van der Waals surface area contributed by atoms with E-state index in [1.54, 1.807) is 30.3 Å². The van der Waals surface area contributed by atoms with Crippen molar-refractivity contribution in [2.45, 2.75) is 19.1 Å². The number of rotatable bonds is 4. The lowest BCUT2D eigenvalue weighted by Gasteiger charge is -2.16. The fourth-order valence-corrected chi connectivity index (χ4v) is 1.14. The number of primary amides is 1. The Bertz CT molecular complexity index is 376. The molecule has 4 N–H and O–H groups in total. The molecular weight excluding hydrogens is 208 g/mol. The summed E-state index contributed by atoms with van der Waals surface area (Å²) >= 11 is 0. The van der Waals surface area contributed by atoms with Crippen molar-refractivity contribution in [3.05, 3.63) is 35.9 Å². The van der Waals surface area contributed by atoms with Gasteiger partial charge in [-0.2, -0.15) is 0 Å². The van der Waals surface area contributed by atoms with Crippen molar-refractivity contribution < 1.29 is 14.3 Å². The van der Waals surface area contributed by atoms with Gasteiger partial charge < -0.3 is 16.2 Å². The number of hydrogen-bond donors (Lipinski definition) is 2. The highest BCUT2D eigenvalue weighted by Crippen LogP contribution is 2.16. The van der Waals surface area contributed by atoms with Crippen LogP contribution < -0.4 is 11.5 Å². The van der Waals surface area contributed by atoms with Crippen molar-refractivity contribution in [3.63, 3.8) is 0 Å². The summed E-state index contributed by atoms with van der Waals surface area (Å²) in [5.74, 6) is -1.38. The molecule has 5 nitrogen and oxygen atoms in total. The van der Waals surface area contributed by atoms with Crippen LogP contribution in [0.25, 0.3) is 0 Å². The molecule has 86 valence electrons. The van der Waals surface area contributed by atoms with Gasteiger partial charge in [0.05, 0.1) is 0 Å². The van der Waals surface area contributed by atoms with Crippen molar-refractivity contribution in [2.24, 2.45) is 11.5 Å². The molecule has 0 aliphatic carbocycles. The van der Waals surface area contributed by atoms with Gasteiger partial charge in [-0.3, -0.25) is 9.59 Å². The quantitative estimate of drug-likeness (QED) is 0.706. The van der Waals surface area contributed by atoms with Gasteiger partial charge in [0.25, 0.3) is 5.91 Å². The second kappa shape index (κ2) is 5.27. The second-order valence-corrected chi connectivity index (χ2v) is 3.42. The van der Waals surface area contributed by atoms with Crippen LogP contribution in [0.5, 0.6) is 0 Å². The third-order valence-electron chi connectivity index (χ3n) is 1.97. The van der Waals surface area contributed by atoms with Gasteiger partial charge in [0.2, 0.25) is 6.10 Å². The standard InChI is InChI=1S/C11H14N2O3/c1-7(12)11(15)16-9(10(13)14)8-5-3-2-4-6-8/h2-7,9H,12H2,1H3,(H2,13,14). The van der Waals surface area contributed by atoms with Gasteiger partial charge in [-0.15, -0.1) is 0 Å². The minimum Gasteiger partial charge on any atom is -0.446 e. The molecular formula is C11H14N2O3. The molecule has 0 aliphatic heterocycles. The average Bonchev–Trinajstić information content (AvgIpc) is 2.26. The molecule has 1 aromatic carbocycles. The molecule has 0 saturated carbocycles. The molecule has 0 aliphatic rings. The van der Waals surface area contributed by atoms with Crippen molar-refractivity contribution >= 4 is 11.9 Å². The van der Waals surface area contributed by atoms with E-state index in [1.807, 2.05) is 0 Å². The highest BCUT2D eigenvalue weighted by atomic mass is 16.5. The number of carbonyl (C=O) groups is 2. The Balaban J connectivity index is 2.85. The maximum atomic E-state index is 11.3. The molecule has 0 radical (unpaired) electrons. The van der Waals surface area contributed by atoms with E-state index >= 15 is 0 Å². The van der Waals surface area contributed by atoms with Crippen molar-refractivity contribution in [2.75, 3.05) is 0 Å². The van der Waals surface area contributed by atoms with E-state index < -0.39 is 24.0 Å². The summed E-state index contributed by atoms with van der Waals surface area (Å²) in [7, 11) is 0. The second-order valence-electron chi connectivity index (χ2n) is 3.42. The number of carbonyl (C=O) groups excluding carboxylic acids is 2. The number of nitrogens with two attached hydrogens (primary N) is 2. The molecule has 2 atom stereocenters. The van der Waals surface area contributed by atoms with E-state index in [4.69, 9.17) is 16.2 Å². The van der Waals surface area contributed by atoms with Crippen LogP contribution in [0, 0.1) is 0 Å². The Morgan fingerprint density at radius 2 is 1.81 bits per heavy atom. The van der Waals surface area contributed by atoms with Crippen LogP contribution in [-0.2, 0) is 14.3 Å². The van der Waals surface area contributed by atoms with Gasteiger partial charge in [-0.05, 0) is 6.92 Å². The highest BCUT2D eigenvalue weighted by molar-refractivity contribution is 5.84. The van der Waals surface area contributed by atoms with E-state index in [2.05, 4.69) is 0 Å². The summed E-state index contributed by atoms with van der Waals surface area (Å²) in [5.41, 5.74) is 11.0. The van der Waals surface area contributed by atoms with Crippen molar-refractivity contribution in [1.29, 1.82) is 0 Å². The third-order valence-corrected chi connectivity index (χ3v) is 1.97. The lowest BCUT2D eigenvalue weighted by molar-refractivity contribution is -0.156. The minimum absolute atomic E-state index is 0.531. The normalized spacial score (nSPS) is 13.9. The van der Waals surface area contributed by atoms with Gasteiger partial charge >= 0.3 is 5.97 Å². The summed E-state index contributed by atoms with van der Waals surface area (Å²) in [4.78, 5) is 22.4. The zero-order valence-corrected chi connectivity index (χ0v) is 8.92. The van der Waals surface area contributed by atoms with Gasteiger partial charge in [-0.25, -0.2) is 0 Å². The van der Waals surface area contributed by atoms with E-state index in [0.717, 1.165) is 0 Å². The lowest BCUT2D eigenvalue weighted by Crippen LogP contribution is -2.34. The molecule has 0 aromatic heterocycles. The predicted octanol–water partition coefficient (Wildman–Crippen LogP) is 0.103. The Morgan fingerprint density at radius 1 is 1.25 bits per heavy atom. The number of benzene rings is 1. The molecule has 0 fully saturated rings. The first-order valence-corrected chi connectivity index (χ1v) is 4.82. The molecule has 1 amide bonds. The summed E-state index contributed by atoms with van der Waals surface area (Å²) in [6, 6.07) is 7.77. The van der Waals surface area contributed by atoms with Gasteiger partial charge in [0.15, 0.2) is 0 Å². The Hall–Kier alpha value is -1.88. The maximum Gasteiger partial charge on any atom is 0.323 e. The largest absolute Gasteiger partial charge is 0.446 e. The summed E-state index contributed by atoms with van der Waals surface area (Å²) in [5, 5.41) is 0. The number of hydrogen-bond acceptors (Lipinski definition) is 4. The third kappa shape index (κ3) is 3.06. The van der Waals surface area contributed by atoms with E-state index in [1.165, 1.54) is 6.92 Å². The molecule has 0 bridgehead atoms. The fraction of sp³-hybridized carbons (Fsp3) is 0.273. The first-order valence-electron chi connectivity index (χ1n) is 4.82. The van der Waals surface area contributed by atoms with Crippen molar-refractivity contribution in [1.82, 2.24) is 0 Å². The van der Waals surface area contributed by atoms with Crippen LogP contribution in [0.3, 0.4) is 0 Å². The average molecular weight is 222 g/mol. The van der Waals surface area contributed by atoms with Gasteiger partial charge in [0.1, 0.15) is 6.04 Å². The van der Waals surface area contributed by atoms with E-state index in [9.17, 15) is 9.59 Å². The first kappa shape index (κ1) is 12.2. The molecule has 0 heterocycles. The number of amides is 1. The van der Waals surface area contributed by atoms with Gasteiger partial charge in [0, 0.05) is 5.56 Å². The Morgan fingerprint density at radius 3 is 2.25 bits per heavy atom. The van der Waals surface area contributed by atoms with E-state index in [0.29, 0.717) is 5.56 Å². The zero-order chi connectivity index (χ0) is 12.1. The molecule has 1 rings (SSSR count). The van der Waals surface area contributed by atoms with Crippen LogP contribution in [0.2, 0.25) is 0 Å². The van der Waals surface area contributed by atoms with Crippen LogP contribution in [0.4, 0.5) is 0 Å². The van der Waals surface area contributed by atoms with Crippen molar-refractivity contribution in [3.8, 4) is 0 Å². The zero-order valence-electron chi connectivity index (χ0n) is 8.92. The molecule has 5 heteroatoms. The number of ether oxygens (including phenoxy) is 1. The maximum absolute atomic E-state index is 11.3. The van der Waals surface area contributed by atoms with Crippen LogP contribution in [0.15, 0.2) is 30.3 Å². The Labute approximate surface area is 93.4 Å². The Kier molecular flexibility index (Phi) is 4.02. The SMILES string of the molecule is CC(N)C(=O)OC(C(N)=O)c1ccccc1. The highest BCUT2D eigenvalue weighted by Gasteiger charge is 2.23. The van der Waals surface area contributed by atoms with Crippen LogP contribution >= 0.6 is 0 Å². The van der Waals surface area contributed by atoms with Gasteiger partial charge in [-0.1, -0.05) is 30.3 Å². The number of esters is 1. The smallest absolute Gasteiger partial charge is 0.323 e. The van der Waals surface area contributed by atoms with E-state index in [-0.39, 0.29) is 0 Å². The molecule has 0 spiro atoms. The predicted molar refractivity (Wildman–Crippen MR) is 58.1 cm³/mol. The lowest BCUT2D eigenvalue weighted by atomic mass is 10.1. The molecule has 0 saturated heterocycles. The van der Waals surface area contributed by atoms with Crippen LogP contribution in [-0.4, -0.2) is 17.9 Å².